The molecule has 0 aliphatic rings. The van der Waals surface area contributed by atoms with E-state index in [1.54, 1.807) is 7.05 Å². The molecule has 2 nitrogen and oxygen atoms in total. The third kappa shape index (κ3) is 2.21. The van der Waals surface area contributed by atoms with E-state index in [2.05, 4.69) is 6.04 Å². The third-order valence-electron chi connectivity index (χ3n) is 0.952. The molecule has 0 saturated carbocycles. The van der Waals surface area contributed by atoms with Crippen molar-refractivity contribution >= 4 is 0 Å². The van der Waals surface area contributed by atoms with Crippen LogP contribution in [0.1, 0.15) is 6.92 Å². The van der Waals surface area contributed by atoms with Crippen molar-refractivity contribution in [3.8, 4) is 12.5 Å². The van der Waals surface area contributed by atoms with E-state index >= 15 is 0 Å². The quantitative estimate of drug-likeness (QED) is 0.211. The van der Waals surface area contributed by atoms with Gasteiger partial charge in [0.1, 0.15) is 6.54 Å². The molecule has 0 radical (unpaired) electrons. The Kier molecular flexibility index (Phi) is 1.82. The van der Waals surface area contributed by atoms with E-state index in [4.69, 9.17) is 12.3 Å². The molecular formula is C5H11N2+. The molecule has 0 spiro atoms. The molecule has 0 aliphatic heterocycles. The van der Waals surface area contributed by atoms with Crippen LogP contribution in [0.5, 0.6) is 0 Å². The number of rotatable bonds is 1. The van der Waals surface area contributed by atoms with Gasteiger partial charge in [0.15, 0.2) is 6.04 Å². The highest BCUT2D eigenvalue weighted by Gasteiger charge is 2.05. The Hall–Kier alpha value is -0.520. The summed E-state index contributed by atoms with van der Waals surface area (Å²) in [5, 5.41) is 0. The van der Waals surface area contributed by atoms with Crippen molar-refractivity contribution in [3.05, 3.63) is 0 Å². The van der Waals surface area contributed by atoms with Crippen LogP contribution >= 0.6 is 0 Å². The summed E-state index contributed by atoms with van der Waals surface area (Å²) in [5.74, 6) is 5.42. The molecule has 7 heavy (non-hydrogen) atoms. The number of hydrogen-bond donors (Lipinski definition) is 1. The maximum atomic E-state index is 5.42. The summed E-state index contributed by atoms with van der Waals surface area (Å²) >= 11 is 0. The van der Waals surface area contributed by atoms with E-state index in [0.717, 1.165) is 6.54 Å². The number of quaternary nitrogens is 1. The summed E-state index contributed by atoms with van der Waals surface area (Å²) in [4.78, 5) is 0. The Morgan fingerprint density at radius 2 is 2.29 bits per heavy atom. The summed E-state index contributed by atoms with van der Waals surface area (Å²) in [6.45, 7) is 2.72. The van der Waals surface area contributed by atoms with E-state index in [-0.39, 0.29) is 4.59 Å². The van der Waals surface area contributed by atoms with Gasteiger partial charge in [0.25, 0.3) is 0 Å². The summed E-state index contributed by atoms with van der Waals surface area (Å²) in [7, 11) is 1.78. The van der Waals surface area contributed by atoms with Gasteiger partial charge in [0.05, 0.1) is 7.05 Å². The zero-order valence-electron chi connectivity index (χ0n) is 4.81. The first-order valence-corrected chi connectivity index (χ1v) is 2.24. The topological polar surface area (TPSA) is 26.0 Å². The van der Waals surface area contributed by atoms with Crippen molar-refractivity contribution in [1.82, 2.24) is 0 Å². The highest BCUT2D eigenvalue weighted by atomic mass is 15.5. The van der Waals surface area contributed by atoms with Crippen LogP contribution in [0.2, 0.25) is 0 Å². The smallest absolute Gasteiger partial charge is 0.154 e. The standard InChI is InChI=1S/C5H11N2/c1-4-7(3,6)5-2/h1H,5-6H2,2-3H3/q+1. The van der Waals surface area contributed by atoms with Crippen molar-refractivity contribution in [3.63, 3.8) is 0 Å². The number of hydrogen-bond acceptors (Lipinski definition) is 1. The Morgan fingerprint density at radius 1 is 1.86 bits per heavy atom. The Bertz CT molecular complexity index is 88.7. The van der Waals surface area contributed by atoms with Gasteiger partial charge < -0.3 is 0 Å². The molecule has 0 bridgehead atoms. The van der Waals surface area contributed by atoms with Crippen molar-refractivity contribution < 1.29 is 4.59 Å². The number of terminal acetylenes is 1. The van der Waals surface area contributed by atoms with Crippen molar-refractivity contribution in [2.24, 2.45) is 5.84 Å². The average Bonchev–Trinajstić information content (AvgIpc) is 1.68. The number of nitrogens with two attached hydrogens (primary N) is 1. The van der Waals surface area contributed by atoms with E-state index in [1.165, 1.54) is 0 Å². The average molecular weight is 99.2 g/mol. The fourth-order valence-electron chi connectivity index (χ4n) is 0.0913. The monoisotopic (exact) mass is 99.1 g/mol. The van der Waals surface area contributed by atoms with Gasteiger partial charge in [-0.25, -0.2) is 0 Å². The molecule has 0 rings (SSSR count). The second kappa shape index (κ2) is 1.97. The SMILES string of the molecule is C#C[N+](C)(N)CC. The molecule has 0 saturated heterocycles. The van der Waals surface area contributed by atoms with Crippen molar-refractivity contribution in [2.45, 2.75) is 6.92 Å². The first kappa shape index (κ1) is 6.48. The predicted octanol–water partition coefficient (Wildman–Crippen LogP) is -0.0827. The number of nitrogens with zero attached hydrogens (tertiary/aromatic N) is 1. The molecule has 0 aromatic heterocycles. The summed E-state index contributed by atoms with van der Waals surface area (Å²) in [6, 6.07) is 2.41. The van der Waals surface area contributed by atoms with Gasteiger partial charge in [-0.2, -0.15) is 10.4 Å². The zero-order chi connectivity index (χ0) is 5.91. The van der Waals surface area contributed by atoms with Gasteiger partial charge in [-0.15, -0.1) is 0 Å². The first-order chi connectivity index (χ1) is 3.12. The third-order valence-corrected chi connectivity index (χ3v) is 0.952. The molecule has 0 fully saturated rings. The summed E-state index contributed by atoms with van der Waals surface area (Å²) in [5.41, 5.74) is 0. The van der Waals surface area contributed by atoms with Crippen molar-refractivity contribution in [1.29, 1.82) is 0 Å². The van der Waals surface area contributed by atoms with Crippen LogP contribution < -0.4 is 5.84 Å². The minimum Gasteiger partial charge on any atom is -0.176 e. The van der Waals surface area contributed by atoms with Crippen LogP contribution in [0.25, 0.3) is 0 Å². The van der Waals surface area contributed by atoms with Crippen LogP contribution in [-0.2, 0) is 0 Å². The van der Waals surface area contributed by atoms with Gasteiger partial charge in [-0.3, -0.25) is 0 Å². The molecule has 0 aliphatic carbocycles. The van der Waals surface area contributed by atoms with Crippen LogP contribution in [-0.4, -0.2) is 18.2 Å². The summed E-state index contributed by atoms with van der Waals surface area (Å²) < 4.78 is 0.167. The fourth-order valence-corrected chi connectivity index (χ4v) is 0.0913. The maximum absolute atomic E-state index is 5.42. The van der Waals surface area contributed by atoms with Crippen LogP contribution in [0.15, 0.2) is 0 Å². The Labute approximate surface area is 44.5 Å². The van der Waals surface area contributed by atoms with Crippen LogP contribution in [0, 0.1) is 12.5 Å². The molecule has 1 unspecified atom stereocenters. The first-order valence-electron chi connectivity index (χ1n) is 2.24. The minimum atomic E-state index is 0.167. The Morgan fingerprint density at radius 3 is 2.29 bits per heavy atom. The molecular weight excluding hydrogens is 88.1 g/mol. The molecule has 0 aromatic rings. The second-order valence-corrected chi connectivity index (χ2v) is 1.71. The lowest BCUT2D eigenvalue weighted by atomic mass is 10.6. The Balaban J connectivity index is 3.66. The van der Waals surface area contributed by atoms with E-state index in [0.29, 0.717) is 0 Å². The minimum absolute atomic E-state index is 0.167. The lowest BCUT2D eigenvalue weighted by Gasteiger charge is -2.15. The molecule has 40 valence electrons. The van der Waals surface area contributed by atoms with Gasteiger partial charge in [-0.1, -0.05) is 6.42 Å². The second-order valence-electron chi connectivity index (χ2n) is 1.71. The van der Waals surface area contributed by atoms with Gasteiger partial charge in [-0.05, 0) is 6.92 Å². The summed E-state index contributed by atoms with van der Waals surface area (Å²) in [6.07, 6.45) is 5.01. The highest BCUT2D eigenvalue weighted by Crippen LogP contribution is 1.82. The molecule has 0 amide bonds. The predicted molar refractivity (Wildman–Crippen MR) is 29.7 cm³/mol. The largest absolute Gasteiger partial charge is 0.176 e. The van der Waals surface area contributed by atoms with E-state index in [1.807, 2.05) is 6.92 Å². The molecule has 0 aromatic carbocycles. The highest BCUT2D eigenvalue weighted by molar-refractivity contribution is 4.67. The maximum Gasteiger partial charge on any atom is 0.154 e. The fraction of sp³-hybridized carbons (Fsp3) is 0.600. The molecule has 0 heterocycles. The van der Waals surface area contributed by atoms with Crippen LogP contribution in [0.3, 0.4) is 0 Å². The van der Waals surface area contributed by atoms with E-state index < -0.39 is 0 Å². The molecule has 2 N–H and O–H groups in total. The molecule has 1 atom stereocenters. The van der Waals surface area contributed by atoms with Crippen LogP contribution in [0.4, 0.5) is 0 Å². The van der Waals surface area contributed by atoms with Gasteiger partial charge in [0, 0.05) is 0 Å². The van der Waals surface area contributed by atoms with Gasteiger partial charge >= 0.3 is 0 Å². The van der Waals surface area contributed by atoms with Crippen molar-refractivity contribution in [2.75, 3.05) is 13.6 Å². The molecule has 2 heteroatoms. The normalized spacial score (nSPS) is 17.4. The van der Waals surface area contributed by atoms with E-state index in [9.17, 15) is 0 Å². The lowest BCUT2D eigenvalue weighted by molar-refractivity contribution is -0.853. The van der Waals surface area contributed by atoms with Gasteiger partial charge in [0.2, 0.25) is 0 Å². The zero-order valence-corrected chi connectivity index (χ0v) is 4.81. The lowest BCUT2D eigenvalue weighted by Crippen LogP contribution is -2.45.